The fourth-order valence-corrected chi connectivity index (χ4v) is 2.94. The van der Waals surface area contributed by atoms with Crippen LogP contribution >= 0.6 is 0 Å². The first-order valence-corrected chi connectivity index (χ1v) is 7.18. The quantitative estimate of drug-likeness (QED) is 0.759. The summed E-state index contributed by atoms with van der Waals surface area (Å²) in [5.74, 6) is 0. The highest BCUT2D eigenvalue weighted by Crippen LogP contribution is 2.19. The summed E-state index contributed by atoms with van der Waals surface area (Å²) in [6.07, 6.45) is 3.20. The van der Waals surface area contributed by atoms with E-state index in [2.05, 4.69) is 15.0 Å². The van der Waals surface area contributed by atoms with E-state index in [1.165, 1.54) is 12.3 Å². The Labute approximate surface area is 111 Å². The van der Waals surface area contributed by atoms with Crippen molar-refractivity contribution in [3.05, 3.63) is 36.2 Å². The number of rotatable bonds is 5. The summed E-state index contributed by atoms with van der Waals surface area (Å²) in [6, 6.07) is 4.82. The molecular weight excluding hydrogens is 266 g/mol. The van der Waals surface area contributed by atoms with Crippen molar-refractivity contribution in [2.24, 2.45) is 0 Å². The van der Waals surface area contributed by atoms with E-state index < -0.39 is 10.0 Å². The van der Waals surface area contributed by atoms with Gasteiger partial charge in [-0.1, -0.05) is 11.3 Å². The number of aromatic nitrogens is 3. The van der Waals surface area contributed by atoms with Gasteiger partial charge in [0.25, 0.3) is 0 Å². The van der Waals surface area contributed by atoms with E-state index >= 15 is 0 Å². The Kier molecular flexibility index (Phi) is 3.82. The maximum atomic E-state index is 12.1. The summed E-state index contributed by atoms with van der Waals surface area (Å²) in [6.45, 7) is 2.34. The maximum Gasteiger partial charge on any atom is 0.240 e. The van der Waals surface area contributed by atoms with Gasteiger partial charge in [-0.15, -0.1) is 5.10 Å². The van der Waals surface area contributed by atoms with E-state index in [9.17, 15) is 8.42 Å². The standard InChI is InChI=1S/C11H15N5O2S/c1-9-10(12)3-2-4-11(9)19(17,18)14-6-8-16-7-5-13-15-16/h2-5,7,14H,6,8,12H2,1H3. The molecule has 19 heavy (non-hydrogen) atoms. The molecule has 1 aromatic heterocycles. The van der Waals surface area contributed by atoms with Crippen LogP contribution in [0.25, 0.3) is 0 Å². The van der Waals surface area contributed by atoms with Crippen molar-refractivity contribution >= 4 is 15.7 Å². The van der Waals surface area contributed by atoms with Crippen LogP contribution in [0.3, 0.4) is 0 Å². The second-order valence-electron chi connectivity index (χ2n) is 4.03. The maximum absolute atomic E-state index is 12.1. The van der Waals surface area contributed by atoms with E-state index in [-0.39, 0.29) is 11.4 Å². The summed E-state index contributed by atoms with van der Waals surface area (Å²) in [4.78, 5) is 0.200. The zero-order valence-corrected chi connectivity index (χ0v) is 11.3. The molecule has 0 radical (unpaired) electrons. The van der Waals surface area contributed by atoms with Crippen LogP contribution in [0.2, 0.25) is 0 Å². The topological polar surface area (TPSA) is 103 Å². The predicted molar refractivity (Wildman–Crippen MR) is 70.8 cm³/mol. The average molecular weight is 281 g/mol. The second-order valence-corrected chi connectivity index (χ2v) is 5.77. The number of hydrogen-bond donors (Lipinski definition) is 2. The summed E-state index contributed by atoms with van der Waals surface area (Å²) in [7, 11) is -3.56. The Hall–Kier alpha value is -1.93. The largest absolute Gasteiger partial charge is 0.398 e. The van der Waals surface area contributed by atoms with E-state index in [0.29, 0.717) is 17.8 Å². The van der Waals surface area contributed by atoms with Crippen LogP contribution in [0, 0.1) is 6.92 Å². The van der Waals surface area contributed by atoms with Gasteiger partial charge < -0.3 is 5.73 Å². The minimum atomic E-state index is -3.56. The highest BCUT2D eigenvalue weighted by molar-refractivity contribution is 7.89. The fraction of sp³-hybridized carbons (Fsp3) is 0.273. The molecule has 2 aromatic rings. The van der Waals surface area contributed by atoms with Crippen molar-refractivity contribution in [1.29, 1.82) is 0 Å². The number of nitrogens with zero attached hydrogens (tertiary/aromatic N) is 3. The fourth-order valence-electron chi connectivity index (χ4n) is 1.65. The smallest absolute Gasteiger partial charge is 0.240 e. The summed E-state index contributed by atoms with van der Waals surface area (Å²) in [5, 5.41) is 7.39. The third-order valence-electron chi connectivity index (χ3n) is 2.72. The lowest BCUT2D eigenvalue weighted by molar-refractivity contribution is 0.552. The van der Waals surface area contributed by atoms with Crippen LogP contribution < -0.4 is 10.5 Å². The first kappa shape index (κ1) is 13.5. The lowest BCUT2D eigenvalue weighted by Crippen LogP contribution is -2.28. The van der Waals surface area contributed by atoms with Gasteiger partial charge in [0.05, 0.1) is 17.6 Å². The normalized spacial score (nSPS) is 11.6. The molecule has 0 bridgehead atoms. The van der Waals surface area contributed by atoms with Crippen LogP contribution in [0.4, 0.5) is 5.69 Å². The van der Waals surface area contributed by atoms with Gasteiger partial charge in [-0.3, -0.25) is 4.68 Å². The first-order valence-electron chi connectivity index (χ1n) is 5.69. The van der Waals surface area contributed by atoms with Gasteiger partial charge in [0.1, 0.15) is 0 Å². The van der Waals surface area contributed by atoms with Gasteiger partial charge in [0, 0.05) is 18.4 Å². The van der Waals surface area contributed by atoms with Crippen molar-refractivity contribution in [1.82, 2.24) is 19.7 Å². The van der Waals surface area contributed by atoms with Crippen molar-refractivity contribution in [2.45, 2.75) is 18.4 Å². The molecule has 0 spiro atoms. The van der Waals surface area contributed by atoms with Gasteiger partial charge in [0.2, 0.25) is 10.0 Å². The zero-order chi connectivity index (χ0) is 13.9. The molecule has 0 amide bonds. The van der Waals surface area contributed by atoms with Gasteiger partial charge in [-0.25, -0.2) is 13.1 Å². The van der Waals surface area contributed by atoms with Crippen LogP contribution in [0.15, 0.2) is 35.5 Å². The van der Waals surface area contributed by atoms with Crippen molar-refractivity contribution in [3.8, 4) is 0 Å². The molecular formula is C11H15N5O2S. The number of nitrogens with two attached hydrogens (primary N) is 1. The molecule has 1 aromatic carbocycles. The number of benzene rings is 1. The summed E-state index contributed by atoms with van der Waals surface area (Å²) < 4.78 is 28.3. The number of nitrogens with one attached hydrogen (secondary N) is 1. The second kappa shape index (κ2) is 5.37. The number of hydrogen-bond acceptors (Lipinski definition) is 5. The Morgan fingerprint density at radius 3 is 2.89 bits per heavy atom. The monoisotopic (exact) mass is 281 g/mol. The van der Waals surface area contributed by atoms with Crippen molar-refractivity contribution in [2.75, 3.05) is 12.3 Å². The molecule has 3 N–H and O–H groups in total. The lowest BCUT2D eigenvalue weighted by atomic mass is 10.2. The third-order valence-corrected chi connectivity index (χ3v) is 4.33. The van der Waals surface area contributed by atoms with Crippen LogP contribution in [0.5, 0.6) is 0 Å². The van der Waals surface area contributed by atoms with E-state index in [4.69, 9.17) is 5.73 Å². The first-order chi connectivity index (χ1) is 9.00. The molecule has 2 rings (SSSR count). The molecule has 0 saturated heterocycles. The van der Waals surface area contributed by atoms with Gasteiger partial charge in [-0.2, -0.15) is 0 Å². The zero-order valence-electron chi connectivity index (χ0n) is 10.4. The Morgan fingerprint density at radius 2 is 2.21 bits per heavy atom. The van der Waals surface area contributed by atoms with Crippen LogP contribution in [-0.4, -0.2) is 30.0 Å². The molecule has 0 aliphatic carbocycles. The van der Waals surface area contributed by atoms with Crippen LogP contribution in [-0.2, 0) is 16.6 Å². The third kappa shape index (κ3) is 3.09. The highest BCUT2D eigenvalue weighted by atomic mass is 32.2. The van der Waals surface area contributed by atoms with Gasteiger partial charge in [-0.05, 0) is 24.6 Å². The van der Waals surface area contributed by atoms with E-state index in [1.54, 1.807) is 29.9 Å². The van der Waals surface area contributed by atoms with Crippen LogP contribution in [0.1, 0.15) is 5.56 Å². The van der Waals surface area contributed by atoms with E-state index in [1.807, 2.05) is 0 Å². The number of nitrogen functional groups attached to an aromatic ring is 1. The molecule has 0 unspecified atom stereocenters. The summed E-state index contributed by atoms with van der Waals surface area (Å²) in [5.41, 5.74) is 6.72. The molecule has 1 heterocycles. The predicted octanol–water partition coefficient (Wildman–Crippen LogP) is 0.147. The molecule has 7 nitrogen and oxygen atoms in total. The number of sulfonamides is 1. The molecule has 0 aliphatic rings. The minimum absolute atomic E-state index is 0.200. The Bertz CT molecular complexity index is 652. The SMILES string of the molecule is Cc1c(N)cccc1S(=O)(=O)NCCn1ccnn1. The highest BCUT2D eigenvalue weighted by Gasteiger charge is 2.17. The molecule has 0 fully saturated rings. The number of anilines is 1. The Morgan fingerprint density at radius 1 is 1.42 bits per heavy atom. The molecule has 0 atom stereocenters. The molecule has 102 valence electrons. The van der Waals surface area contributed by atoms with Gasteiger partial charge >= 0.3 is 0 Å². The minimum Gasteiger partial charge on any atom is -0.398 e. The van der Waals surface area contributed by atoms with E-state index in [0.717, 1.165) is 0 Å². The lowest BCUT2D eigenvalue weighted by Gasteiger charge is -2.10. The average Bonchev–Trinajstić information content (AvgIpc) is 2.85. The molecule has 8 heteroatoms. The summed E-state index contributed by atoms with van der Waals surface area (Å²) >= 11 is 0. The van der Waals surface area contributed by atoms with Gasteiger partial charge in [0.15, 0.2) is 0 Å². The molecule has 0 aliphatic heterocycles. The van der Waals surface area contributed by atoms with Crippen molar-refractivity contribution in [3.63, 3.8) is 0 Å². The van der Waals surface area contributed by atoms with Crippen molar-refractivity contribution < 1.29 is 8.42 Å². The molecule has 0 saturated carbocycles. The Balaban J connectivity index is 2.08.